The molecule has 152 valence electrons. The molecule has 0 aliphatic heterocycles. The Balaban J connectivity index is 1.73. The molecular formula is C24H39NO2. The van der Waals surface area contributed by atoms with Gasteiger partial charge in [-0.05, 0) is 93.2 Å². The number of hydrogen-bond donors (Lipinski definition) is 2. The Labute approximate surface area is 165 Å². The van der Waals surface area contributed by atoms with Gasteiger partial charge in [0.15, 0.2) is 0 Å². The minimum atomic E-state index is -0.281. The van der Waals surface area contributed by atoms with Gasteiger partial charge in [0.05, 0.1) is 12.2 Å². The van der Waals surface area contributed by atoms with E-state index in [0.717, 1.165) is 32.1 Å². The lowest BCUT2D eigenvalue weighted by Crippen LogP contribution is -2.57. The Morgan fingerprint density at radius 2 is 1.81 bits per heavy atom. The number of hydrogen-bond acceptors (Lipinski definition) is 3. The quantitative estimate of drug-likeness (QED) is 0.679. The maximum Gasteiger partial charge on any atom is 0.0761 e. The molecule has 0 aromatic carbocycles. The van der Waals surface area contributed by atoms with E-state index in [4.69, 9.17) is 0 Å². The first kappa shape index (κ1) is 19.7. The number of fused-ring (bicyclic) bond motifs is 5. The fraction of sp³-hybridized carbons (Fsp3) is 0.833. The molecule has 0 amide bonds. The van der Waals surface area contributed by atoms with Crippen molar-refractivity contribution in [3.05, 3.63) is 23.3 Å². The van der Waals surface area contributed by atoms with Crippen LogP contribution < -0.4 is 0 Å². The second kappa shape index (κ2) is 6.18. The maximum absolute atomic E-state index is 10.9. The van der Waals surface area contributed by atoms with Crippen LogP contribution in [0.1, 0.15) is 66.2 Å². The van der Waals surface area contributed by atoms with Crippen molar-refractivity contribution < 1.29 is 10.2 Å². The van der Waals surface area contributed by atoms with Gasteiger partial charge >= 0.3 is 0 Å². The Bertz CT molecular complexity index is 682. The fourth-order valence-electron chi connectivity index (χ4n) is 8.01. The van der Waals surface area contributed by atoms with Gasteiger partial charge in [0.25, 0.3) is 0 Å². The summed E-state index contributed by atoms with van der Waals surface area (Å²) in [6.45, 7) is 9.39. The van der Waals surface area contributed by atoms with Crippen LogP contribution in [-0.4, -0.2) is 47.5 Å². The third kappa shape index (κ3) is 2.44. The molecule has 3 saturated carbocycles. The summed E-state index contributed by atoms with van der Waals surface area (Å²) in [5.74, 6) is 1.22. The highest BCUT2D eigenvalue weighted by atomic mass is 16.3. The summed E-state index contributed by atoms with van der Waals surface area (Å²) >= 11 is 0. The summed E-state index contributed by atoms with van der Waals surface area (Å²) in [6.07, 6.45) is 10.5. The SMILES string of the molecule is CC=C1C(O)CC2(C)C3CC=C4CC(N(C)C)C(O)CC4(C)C3CCC12C. The highest BCUT2D eigenvalue weighted by Gasteiger charge is 2.65. The van der Waals surface area contributed by atoms with Gasteiger partial charge in [0, 0.05) is 6.04 Å². The van der Waals surface area contributed by atoms with Gasteiger partial charge in [-0.15, -0.1) is 0 Å². The predicted molar refractivity (Wildman–Crippen MR) is 110 cm³/mol. The highest BCUT2D eigenvalue weighted by Crippen LogP contribution is 2.71. The zero-order valence-corrected chi connectivity index (χ0v) is 18.1. The first-order chi connectivity index (χ1) is 12.6. The van der Waals surface area contributed by atoms with Gasteiger partial charge in [-0.3, -0.25) is 0 Å². The molecular weight excluding hydrogens is 334 g/mol. The summed E-state index contributed by atoms with van der Waals surface area (Å²) in [4.78, 5) is 2.20. The van der Waals surface area contributed by atoms with Gasteiger partial charge in [-0.25, -0.2) is 0 Å². The molecule has 0 spiro atoms. The van der Waals surface area contributed by atoms with Crippen molar-refractivity contribution in [2.75, 3.05) is 14.1 Å². The molecule has 8 atom stereocenters. The van der Waals surface area contributed by atoms with Crippen LogP contribution in [-0.2, 0) is 0 Å². The molecule has 0 radical (unpaired) electrons. The molecule has 0 heterocycles. The van der Waals surface area contributed by atoms with Crippen LogP contribution in [0, 0.1) is 28.1 Å². The van der Waals surface area contributed by atoms with Crippen molar-refractivity contribution in [2.45, 2.75) is 84.5 Å². The van der Waals surface area contributed by atoms with Crippen molar-refractivity contribution in [2.24, 2.45) is 28.1 Å². The van der Waals surface area contributed by atoms with Gasteiger partial charge in [-0.2, -0.15) is 0 Å². The second-order valence-electron chi connectivity index (χ2n) is 10.9. The fourth-order valence-corrected chi connectivity index (χ4v) is 8.01. The molecule has 27 heavy (non-hydrogen) atoms. The number of likely N-dealkylation sites (N-methyl/N-ethyl adjacent to an activating group) is 1. The lowest BCUT2D eigenvalue weighted by atomic mass is 9.43. The molecule has 2 N–H and O–H groups in total. The van der Waals surface area contributed by atoms with Crippen LogP contribution in [0.25, 0.3) is 0 Å². The van der Waals surface area contributed by atoms with E-state index in [2.05, 4.69) is 58.8 Å². The summed E-state index contributed by atoms with van der Waals surface area (Å²) in [5.41, 5.74) is 3.24. The number of allylic oxidation sites excluding steroid dienone is 2. The monoisotopic (exact) mass is 373 g/mol. The van der Waals surface area contributed by atoms with Crippen LogP contribution >= 0.6 is 0 Å². The Morgan fingerprint density at radius 1 is 1.11 bits per heavy atom. The zero-order valence-electron chi connectivity index (χ0n) is 18.1. The van der Waals surface area contributed by atoms with E-state index < -0.39 is 0 Å². The standard InChI is InChI=1S/C24H39NO2/c1-7-16-20(26)14-24(4)18-9-8-15-12-19(25(5)6)21(27)13-22(15,2)17(18)10-11-23(16,24)3/h7-8,17-21,26-27H,9-14H2,1-6H3. The van der Waals surface area contributed by atoms with E-state index in [-0.39, 0.29) is 34.5 Å². The highest BCUT2D eigenvalue weighted by molar-refractivity contribution is 5.34. The van der Waals surface area contributed by atoms with Crippen LogP contribution in [0.3, 0.4) is 0 Å². The van der Waals surface area contributed by atoms with E-state index in [1.807, 2.05) is 0 Å². The largest absolute Gasteiger partial charge is 0.391 e. The number of nitrogens with zero attached hydrogens (tertiary/aromatic N) is 1. The Morgan fingerprint density at radius 3 is 2.44 bits per heavy atom. The first-order valence-electron chi connectivity index (χ1n) is 11.0. The zero-order chi connectivity index (χ0) is 19.8. The Hall–Kier alpha value is -0.640. The molecule has 0 aromatic heterocycles. The van der Waals surface area contributed by atoms with Crippen molar-refractivity contribution in [1.82, 2.24) is 4.90 Å². The molecule has 8 unspecified atom stereocenters. The predicted octanol–water partition coefficient (Wildman–Crippen LogP) is 4.16. The third-order valence-electron chi connectivity index (χ3n) is 9.78. The molecule has 3 nitrogen and oxygen atoms in total. The average molecular weight is 374 g/mol. The van der Waals surface area contributed by atoms with E-state index in [0.29, 0.717) is 11.8 Å². The lowest BCUT2D eigenvalue weighted by Gasteiger charge is -2.62. The molecule has 4 aliphatic rings. The topological polar surface area (TPSA) is 43.7 Å². The smallest absolute Gasteiger partial charge is 0.0761 e. The minimum Gasteiger partial charge on any atom is -0.391 e. The molecule has 3 heteroatoms. The van der Waals surface area contributed by atoms with E-state index >= 15 is 0 Å². The van der Waals surface area contributed by atoms with Crippen LogP contribution in [0.15, 0.2) is 23.3 Å². The van der Waals surface area contributed by atoms with Gasteiger partial charge < -0.3 is 15.1 Å². The summed E-state index contributed by atoms with van der Waals surface area (Å²) < 4.78 is 0. The average Bonchev–Trinajstić information content (AvgIpc) is 2.78. The van der Waals surface area contributed by atoms with Crippen LogP contribution in [0.2, 0.25) is 0 Å². The van der Waals surface area contributed by atoms with Crippen molar-refractivity contribution >= 4 is 0 Å². The van der Waals surface area contributed by atoms with Gasteiger partial charge in [0.2, 0.25) is 0 Å². The molecule has 3 fully saturated rings. The van der Waals surface area contributed by atoms with Crippen LogP contribution in [0.5, 0.6) is 0 Å². The minimum absolute atomic E-state index is 0.114. The van der Waals surface area contributed by atoms with E-state index in [1.54, 1.807) is 5.57 Å². The molecule has 4 aliphatic carbocycles. The second-order valence-corrected chi connectivity index (χ2v) is 10.9. The molecule has 4 rings (SSSR count). The normalized spacial score (nSPS) is 53.7. The van der Waals surface area contributed by atoms with Crippen molar-refractivity contribution in [3.63, 3.8) is 0 Å². The number of rotatable bonds is 1. The van der Waals surface area contributed by atoms with E-state index in [9.17, 15) is 10.2 Å². The van der Waals surface area contributed by atoms with Gasteiger partial charge in [-0.1, -0.05) is 38.5 Å². The first-order valence-corrected chi connectivity index (χ1v) is 11.0. The van der Waals surface area contributed by atoms with Crippen molar-refractivity contribution in [3.8, 4) is 0 Å². The lowest BCUT2D eigenvalue weighted by molar-refractivity contribution is -0.0978. The molecule has 0 aromatic rings. The third-order valence-corrected chi connectivity index (χ3v) is 9.78. The number of aliphatic hydroxyl groups excluding tert-OH is 2. The summed E-state index contributed by atoms with van der Waals surface area (Å²) in [6, 6.07) is 0.244. The van der Waals surface area contributed by atoms with Crippen molar-refractivity contribution in [1.29, 1.82) is 0 Å². The summed E-state index contributed by atoms with van der Waals surface area (Å²) in [7, 11) is 4.18. The van der Waals surface area contributed by atoms with Gasteiger partial charge in [0.1, 0.15) is 0 Å². The number of aliphatic hydroxyl groups is 2. The van der Waals surface area contributed by atoms with E-state index in [1.165, 1.54) is 12.0 Å². The Kier molecular flexibility index (Phi) is 4.50. The summed E-state index contributed by atoms with van der Waals surface area (Å²) in [5, 5.41) is 21.8. The van der Waals surface area contributed by atoms with Crippen LogP contribution in [0.4, 0.5) is 0 Å². The molecule has 0 saturated heterocycles. The maximum atomic E-state index is 10.9. The molecule has 0 bridgehead atoms.